The molecular weight excluding hydrogens is 320 g/mol. The lowest BCUT2D eigenvalue weighted by Gasteiger charge is -2.09. The molecule has 25 heavy (non-hydrogen) atoms. The van der Waals surface area contributed by atoms with E-state index in [0.717, 1.165) is 6.42 Å². The maximum absolute atomic E-state index is 12.2. The van der Waals surface area contributed by atoms with Crippen LogP contribution in [0.2, 0.25) is 0 Å². The lowest BCUT2D eigenvalue weighted by atomic mass is 10.1. The second-order valence-corrected chi connectivity index (χ2v) is 5.87. The molecule has 1 aliphatic rings. The van der Waals surface area contributed by atoms with Crippen LogP contribution < -0.4 is 14.9 Å². The Hall–Kier alpha value is -3.02. The maximum Gasteiger partial charge on any atom is 0.243 e. The molecule has 0 aromatic heterocycles. The zero-order valence-corrected chi connectivity index (χ0v) is 14.1. The third kappa shape index (κ3) is 3.74. The number of aromatic hydroxyl groups is 1. The van der Waals surface area contributed by atoms with E-state index in [4.69, 9.17) is 9.47 Å². The molecule has 130 valence electrons. The number of ether oxygens (including phenoxy) is 2. The molecule has 1 aliphatic carbocycles. The van der Waals surface area contributed by atoms with Gasteiger partial charge in [0.1, 0.15) is 0 Å². The summed E-state index contributed by atoms with van der Waals surface area (Å²) in [6.07, 6.45) is 2.33. The van der Waals surface area contributed by atoms with Crippen molar-refractivity contribution in [1.29, 1.82) is 0 Å². The van der Waals surface area contributed by atoms with E-state index in [2.05, 4.69) is 10.5 Å². The van der Waals surface area contributed by atoms with E-state index in [1.165, 1.54) is 26.0 Å². The van der Waals surface area contributed by atoms with Crippen molar-refractivity contribution >= 4 is 12.1 Å². The van der Waals surface area contributed by atoms with Crippen molar-refractivity contribution in [2.45, 2.75) is 12.3 Å². The zero-order valence-electron chi connectivity index (χ0n) is 14.1. The van der Waals surface area contributed by atoms with Crippen LogP contribution in [0.4, 0.5) is 0 Å². The smallest absolute Gasteiger partial charge is 0.243 e. The van der Waals surface area contributed by atoms with E-state index in [1.54, 1.807) is 12.1 Å². The van der Waals surface area contributed by atoms with E-state index in [-0.39, 0.29) is 35.0 Å². The highest BCUT2D eigenvalue weighted by Gasteiger charge is 2.43. The molecule has 1 fully saturated rings. The Morgan fingerprint density at radius 2 is 1.84 bits per heavy atom. The van der Waals surface area contributed by atoms with Crippen molar-refractivity contribution in [2.75, 3.05) is 14.2 Å². The molecular formula is C19H20N2O4. The largest absolute Gasteiger partial charge is 0.502 e. The van der Waals surface area contributed by atoms with E-state index in [9.17, 15) is 9.90 Å². The van der Waals surface area contributed by atoms with Gasteiger partial charge in [0.05, 0.1) is 20.4 Å². The lowest BCUT2D eigenvalue weighted by Crippen LogP contribution is -2.20. The average molecular weight is 340 g/mol. The van der Waals surface area contributed by atoms with E-state index in [1.807, 2.05) is 30.3 Å². The Bertz CT molecular complexity index is 764. The molecule has 3 rings (SSSR count). The zero-order chi connectivity index (χ0) is 17.8. The number of rotatable bonds is 6. The summed E-state index contributed by atoms with van der Waals surface area (Å²) in [7, 11) is 2.90. The standard InChI is InChI=1S/C19H20N2O4/c1-24-16-8-12(9-17(25-2)18(16)22)11-20-21-19(23)15-10-14(15)13-6-4-3-5-7-13/h3-9,11,14-15,22H,10H2,1-2H3,(H,21,23). The van der Waals surface area contributed by atoms with Gasteiger partial charge in [-0.2, -0.15) is 5.10 Å². The molecule has 0 heterocycles. The molecule has 0 bridgehead atoms. The van der Waals surface area contributed by atoms with Crippen molar-refractivity contribution in [1.82, 2.24) is 5.43 Å². The minimum Gasteiger partial charge on any atom is -0.502 e. The molecule has 0 radical (unpaired) electrons. The van der Waals surface area contributed by atoms with Gasteiger partial charge in [0.2, 0.25) is 11.7 Å². The number of carbonyl (C=O) groups is 1. The second-order valence-electron chi connectivity index (χ2n) is 5.87. The van der Waals surface area contributed by atoms with Crippen molar-refractivity contribution < 1.29 is 19.4 Å². The van der Waals surface area contributed by atoms with Gasteiger partial charge < -0.3 is 14.6 Å². The molecule has 2 aromatic rings. The molecule has 0 spiro atoms. The number of hydrogen-bond donors (Lipinski definition) is 2. The van der Waals surface area contributed by atoms with Crippen LogP contribution in [0.3, 0.4) is 0 Å². The van der Waals surface area contributed by atoms with E-state index < -0.39 is 0 Å². The van der Waals surface area contributed by atoms with Gasteiger partial charge >= 0.3 is 0 Å². The van der Waals surface area contributed by atoms with Crippen molar-refractivity contribution in [2.24, 2.45) is 11.0 Å². The van der Waals surface area contributed by atoms with Crippen LogP contribution in [-0.2, 0) is 4.79 Å². The highest BCUT2D eigenvalue weighted by Crippen LogP contribution is 2.47. The van der Waals surface area contributed by atoms with Gasteiger partial charge in [-0.25, -0.2) is 5.43 Å². The summed E-state index contributed by atoms with van der Waals surface area (Å²) in [6.45, 7) is 0. The minimum absolute atomic E-state index is 0.0385. The number of phenolic OH excluding ortho intramolecular Hbond substituents is 1. The SMILES string of the molecule is COc1cc(C=NNC(=O)C2CC2c2ccccc2)cc(OC)c1O. The highest BCUT2D eigenvalue weighted by molar-refractivity contribution is 5.86. The first-order valence-corrected chi connectivity index (χ1v) is 7.97. The van der Waals surface area contributed by atoms with Crippen LogP contribution in [-0.4, -0.2) is 31.4 Å². The first kappa shape index (κ1) is 16.8. The second kappa shape index (κ2) is 7.25. The summed E-state index contributed by atoms with van der Waals surface area (Å²) in [5, 5.41) is 13.9. The summed E-state index contributed by atoms with van der Waals surface area (Å²) in [5.41, 5.74) is 4.39. The molecule has 1 saturated carbocycles. The Morgan fingerprint density at radius 1 is 1.20 bits per heavy atom. The average Bonchev–Trinajstić information content (AvgIpc) is 3.44. The Kier molecular flexibility index (Phi) is 4.88. The number of nitrogens with one attached hydrogen (secondary N) is 1. The van der Waals surface area contributed by atoms with Crippen LogP contribution in [0, 0.1) is 5.92 Å². The number of nitrogens with zero attached hydrogens (tertiary/aromatic N) is 1. The molecule has 6 nitrogen and oxygen atoms in total. The van der Waals surface area contributed by atoms with E-state index in [0.29, 0.717) is 5.56 Å². The number of hydrogen-bond acceptors (Lipinski definition) is 5. The summed E-state index contributed by atoms with van der Waals surface area (Å²) in [4.78, 5) is 12.2. The van der Waals surface area contributed by atoms with Crippen LogP contribution in [0.25, 0.3) is 0 Å². The molecule has 2 N–H and O–H groups in total. The predicted molar refractivity (Wildman–Crippen MR) is 94.2 cm³/mol. The van der Waals surface area contributed by atoms with Gasteiger partial charge in [-0.15, -0.1) is 0 Å². The summed E-state index contributed by atoms with van der Waals surface area (Å²) >= 11 is 0. The molecule has 0 saturated heterocycles. The van der Waals surface area contributed by atoms with Crippen LogP contribution in [0.1, 0.15) is 23.5 Å². The molecule has 1 amide bonds. The molecule has 6 heteroatoms. The summed E-state index contributed by atoms with van der Waals surface area (Å²) in [6, 6.07) is 13.2. The molecule has 2 aromatic carbocycles. The molecule has 2 atom stereocenters. The lowest BCUT2D eigenvalue weighted by molar-refractivity contribution is -0.122. The Morgan fingerprint density at radius 3 is 2.44 bits per heavy atom. The van der Waals surface area contributed by atoms with Gasteiger partial charge in [0, 0.05) is 11.5 Å². The fourth-order valence-corrected chi connectivity index (χ4v) is 2.80. The monoisotopic (exact) mass is 340 g/mol. The predicted octanol–water partition coefficient (Wildman–Crippen LogP) is 2.66. The van der Waals surface area contributed by atoms with Crippen LogP contribution in [0.15, 0.2) is 47.6 Å². The number of benzene rings is 2. The number of amides is 1. The fraction of sp³-hybridized carbons (Fsp3) is 0.263. The third-order valence-electron chi connectivity index (χ3n) is 4.25. The van der Waals surface area contributed by atoms with Crippen molar-refractivity contribution in [3.05, 3.63) is 53.6 Å². The fourth-order valence-electron chi connectivity index (χ4n) is 2.80. The Balaban J connectivity index is 1.61. The van der Waals surface area contributed by atoms with Gasteiger partial charge in [0.15, 0.2) is 11.5 Å². The molecule has 2 unspecified atom stereocenters. The minimum atomic E-state index is -0.0946. The first-order chi connectivity index (χ1) is 12.1. The Labute approximate surface area is 146 Å². The number of methoxy groups -OCH3 is 2. The van der Waals surface area contributed by atoms with E-state index >= 15 is 0 Å². The molecule has 0 aliphatic heterocycles. The first-order valence-electron chi connectivity index (χ1n) is 7.97. The van der Waals surface area contributed by atoms with Gasteiger partial charge in [-0.3, -0.25) is 4.79 Å². The third-order valence-corrected chi connectivity index (χ3v) is 4.25. The van der Waals surface area contributed by atoms with Gasteiger partial charge in [0.25, 0.3) is 0 Å². The normalized spacial score (nSPS) is 18.8. The number of phenols is 1. The topological polar surface area (TPSA) is 80.2 Å². The number of hydrazone groups is 1. The maximum atomic E-state index is 12.2. The van der Waals surface area contributed by atoms with Gasteiger partial charge in [-0.1, -0.05) is 30.3 Å². The highest BCUT2D eigenvalue weighted by atomic mass is 16.5. The number of carbonyl (C=O) groups excluding carboxylic acids is 1. The van der Waals surface area contributed by atoms with Gasteiger partial charge in [-0.05, 0) is 30.0 Å². The quantitative estimate of drug-likeness (QED) is 0.626. The summed E-state index contributed by atoms with van der Waals surface area (Å²) in [5.74, 6) is 0.614. The van der Waals surface area contributed by atoms with Crippen LogP contribution >= 0.6 is 0 Å². The van der Waals surface area contributed by atoms with Crippen molar-refractivity contribution in [3.63, 3.8) is 0 Å². The van der Waals surface area contributed by atoms with Crippen molar-refractivity contribution in [3.8, 4) is 17.2 Å². The summed E-state index contributed by atoms with van der Waals surface area (Å²) < 4.78 is 10.2. The van der Waals surface area contributed by atoms with Crippen LogP contribution in [0.5, 0.6) is 17.2 Å².